The summed E-state index contributed by atoms with van der Waals surface area (Å²) in [7, 11) is -10.1. The molecule has 0 unspecified atom stereocenters. The third kappa shape index (κ3) is 8.36. The van der Waals surface area contributed by atoms with Crippen LogP contribution in [0.4, 0.5) is 13.2 Å². The van der Waals surface area contributed by atoms with Gasteiger partial charge in [-0.3, -0.25) is 14.8 Å². The van der Waals surface area contributed by atoms with Crippen molar-refractivity contribution in [3.05, 3.63) is 99.3 Å². The van der Waals surface area contributed by atoms with E-state index in [-0.39, 0.29) is 32.8 Å². The molecule has 0 saturated carbocycles. The van der Waals surface area contributed by atoms with Gasteiger partial charge in [0.1, 0.15) is 0 Å². The lowest BCUT2D eigenvalue weighted by Crippen LogP contribution is -2.31. The van der Waals surface area contributed by atoms with Crippen molar-refractivity contribution in [2.75, 3.05) is 0 Å². The van der Waals surface area contributed by atoms with Gasteiger partial charge in [0.05, 0.1) is 32.1 Å². The van der Waals surface area contributed by atoms with E-state index in [1.807, 2.05) is 37.6 Å². The van der Waals surface area contributed by atoms with Crippen LogP contribution in [0.15, 0.2) is 71.6 Å². The first-order chi connectivity index (χ1) is 21.9. The van der Waals surface area contributed by atoms with Crippen molar-refractivity contribution in [3.8, 4) is 22.5 Å². The Balaban J connectivity index is 1.69. The molecule has 0 bridgehead atoms. The summed E-state index contributed by atoms with van der Waals surface area (Å²) >= 11 is 12.7. The van der Waals surface area contributed by atoms with Crippen LogP contribution in [0.2, 0.25) is 10.0 Å². The summed E-state index contributed by atoms with van der Waals surface area (Å²) in [4.78, 5) is 21.3. The first-order valence-corrected chi connectivity index (χ1v) is 18.2. The molecule has 0 radical (unpaired) electrons. The van der Waals surface area contributed by atoms with Gasteiger partial charge >= 0.3 is 5.51 Å². The van der Waals surface area contributed by atoms with E-state index in [9.17, 15) is 34.8 Å². The molecule has 2 aromatic carbocycles. The summed E-state index contributed by atoms with van der Waals surface area (Å²) in [5.74, 6) is -1.66. The number of rotatable bonds is 7. The Morgan fingerprint density at radius 2 is 1.29 bits per heavy atom. The summed E-state index contributed by atoms with van der Waals surface area (Å²) in [5.41, 5.74) is -4.57. The fourth-order valence-corrected chi connectivity index (χ4v) is 6.81. The first kappa shape index (κ1) is 37.3. The van der Waals surface area contributed by atoms with Crippen molar-refractivity contribution in [2.24, 2.45) is 0 Å². The van der Waals surface area contributed by atoms with Crippen molar-refractivity contribution < 1.29 is 34.8 Å². The second kappa shape index (κ2) is 13.1. The van der Waals surface area contributed by atoms with Crippen molar-refractivity contribution in [1.29, 1.82) is 0 Å². The highest BCUT2D eigenvalue weighted by atomic mass is 35.5. The Labute approximate surface area is 287 Å². The van der Waals surface area contributed by atoms with Gasteiger partial charge in [0.25, 0.3) is 15.7 Å². The fourth-order valence-electron chi connectivity index (χ4n) is 4.52. The fraction of sp³-hybridized carbons (Fsp3) is 0.303. The van der Waals surface area contributed by atoms with Crippen molar-refractivity contribution >= 4 is 49.0 Å². The molecule has 0 aliphatic carbocycles. The van der Waals surface area contributed by atoms with Crippen LogP contribution in [0.3, 0.4) is 0 Å². The number of alkyl halides is 3. The Kier molecular flexibility index (Phi) is 10.2. The van der Waals surface area contributed by atoms with Gasteiger partial charge in [-0.15, -0.1) is 0 Å². The normalized spacial score (nSPS) is 13.0. The minimum Gasteiger partial charge on any atom is -0.268 e. The zero-order valence-corrected chi connectivity index (χ0v) is 29.8. The minimum atomic E-state index is -5.72. The van der Waals surface area contributed by atoms with Crippen LogP contribution in [0, 0.1) is 0 Å². The molecule has 2 heterocycles. The van der Waals surface area contributed by atoms with Gasteiger partial charge in [-0.1, -0.05) is 70.8 Å². The molecule has 15 heteroatoms. The maximum absolute atomic E-state index is 13.3. The second-order valence-corrected chi connectivity index (χ2v) is 17.6. The highest BCUT2D eigenvalue weighted by Gasteiger charge is 2.47. The third-order valence-electron chi connectivity index (χ3n) is 7.11. The molecule has 0 saturated heterocycles. The van der Waals surface area contributed by atoms with Crippen molar-refractivity contribution in [3.63, 3.8) is 0 Å². The summed E-state index contributed by atoms with van der Waals surface area (Å²) in [6, 6.07) is 14.9. The Morgan fingerprint density at radius 3 is 1.88 bits per heavy atom. The van der Waals surface area contributed by atoms with E-state index in [0.717, 1.165) is 23.9 Å². The number of halogens is 5. The molecule has 1 amide bonds. The minimum absolute atomic E-state index is 0.00112. The predicted octanol–water partition coefficient (Wildman–Crippen LogP) is 8.27. The van der Waals surface area contributed by atoms with E-state index < -0.39 is 47.3 Å². The van der Waals surface area contributed by atoms with Gasteiger partial charge in [-0.25, -0.2) is 21.6 Å². The highest BCUT2D eigenvalue weighted by Crippen LogP contribution is 2.37. The first-order valence-electron chi connectivity index (χ1n) is 14.3. The third-order valence-corrected chi connectivity index (χ3v) is 10.5. The zero-order chi connectivity index (χ0) is 36.0. The lowest BCUT2D eigenvalue weighted by molar-refractivity contribution is -0.0436. The maximum atomic E-state index is 13.3. The molecular formula is C33H32Cl2F3N3O5S2. The van der Waals surface area contributed by atoms with Crippen LogP contribution >= 0.6 is 23.2 Å². The zero-order valence-electron chi connectivity index (χ0n) is 26.7. The number of nitrogens with one attached hydrogen (secondary N) is 1. The average molecular weight is 743 g/mol. The predicted molar refractivity (Wildman–Crippen MR) is 180 cm³/mol. The van der Waals surface area contributed by atoms with Gasteiger partial charge in [0.2, 0.25) is 10.0 Å². The van der Waals surface area contributed by atoms with E-state index in [1.165, 1.54) is 30.3 Å². The standard InChI is InChI=1S/C33H32Cl2F3N3O5S2/c1-31(2,3)28-9-7-8-26(39-28)22-16-20(10-12-24(22)34)30(42)41-47(43,44)18-19-14-27(40-29(15-19)32(4,5)6)23-17-21(11-13-25(23)35)48(45,46)33(36,37)38/h7-17H,18H2,1-6H3,(H,41,42). The van der Waals surface area contributed by atoms with E-state index in [1.54, 1.807) is 26.8 Å². The van der Waals surface area contributed by atoms with E-state index in [4.69, 9.17) is 23.2 Å². The number of carbonyl (C=O) groups excluding carboxylic acids is 1. The number of sulfonamides is 1. The summed E-state index contributed by atoms with van der Waals surface area (Å²) in [6.07, 6.45) is 0. The van der Waals surface area contributed by atoms with Crippen LogP contribution in [-0.2, 0) is 36.4 Å². The molecule has 4 aromatic rings. The molecule has 2 aromatic heterocycles. The molecule has 0 aliphatic heterocycles. The van der Waals surface area contributed by atoms with Gasteiger partial charge in [-0.05, 0) is 66.2 Å². The summed E-state index contributed by atoms with van der Waals surface area (Å²) in [6.45, 7) is 11.3. The van der Waals surface area contributed by atoms with Crippen molar-refractivity contribution in [2.45, 2.75) is 68.5 Å². The Morgan fingerprint density at radius 1 is 0.729 bits per heavy atom. The topological polar surface area (TPSA) is 123 Å². The number of benzene rings is 2. The number of aromatic nitrogens is 2. The molecule has 1 N–H and O–H groups in total. The molecule has 0 fully saturated rings. The van der Waals surface area contributed by atoms with Crippen LogP contribution in [0.5, 0.6) is 0 Å². The molecule has 0 spiro atoms. The molecule has 8 nitrogen and oxygen atoms in total. The van der Waals surface area contributed by atoms with Crippen LogP contribution in [-0.4, -0.2) is 38.2 Å². The number of hydrogen-bond donors (Lipinski definition) is 1. The van der Waals surface area contributed by atoms with Crippen LogP contribution < -0.4 is 4.72 Å². The van der Waals surface area contributed by atoms with Gasteiger partial charge in [0.15, 0.2) is 0 Å². The summed E-state index contributed by atoms with van der Waals surface area (Å²) < 4.78 is 92.8. The van der Waals surface area contributed by atoms with Gasteiger partial charge in [-0.2, -0.15) is 13.2 Å². The Bertz CT molecular complexity index is 2130. The van der Waals surface area contributed by atoms with Crippen LogP contribution in [0.25, 0.3) is 22.5 Å². The maximum Gasteiger partial charge on any atom is 0.501 e. The molecular weight excluding hydrogens is 710 g/mol. The number of hydrogen-bond acceptors (Lipinski definition) is 7. The van der Waals surface area contributed by atoms with Gasteiger partial charge in [0, 0.05) is 38.9 Å². The van der Waals surface area contributed by atoms with E-state index in [0.29, 0.717) is 22.0 Å². The van der Waals surface area contributed by atoms with Gasteiger partial charge < -0.3 is 0 Å². The van der Waals surface area contributed by atoms with E-state index >= 15 is 0 Å². The number of carbonyl (C=O) groups is 1. The summed E-state index contributed by atoms with van der Waals surface area (Å²) in [5, 5.41) is 0.190. The molecule has 0 atom stereocenters. The number of sulfone groups is 1. The van der Waals surface area contributed by atoms with Crippen molar-refractivity contribution in [1.82, 2.24) is 14.7 Å². The largest absolute Gasteiger partial charge is 0.501 e. The number of pyridine rings is 2. The highest BCUT2D eigenvalue weighted by molar-refractivity contribution is 7.92. The molecule has 48 heavy (non-hydrogen) atoms. The molecule has 4 rings (SSSR count). The number of amides is 1. The SMILES string of the molecule is CC(C)(C)c1cccc(-c2cc(C(=O)NS(=O)(=O)Cc3cc(-c4cc(S(=O)(=O)C(F)(F)F)ccc4Cl)nc(C(C)(C)C)c3)ccc2Cl)n1. The molecule has 0 aliphatic rings. The average Bonchev–Trinajstić information content (AvgIpc) is 2.95. The van der Waals surface area contributed by atoms with E-state index in [2.05, 4.69) is 9.97 Å². The quantitative estimate of drug-likeness (QED) is 0.202. The Hall–Kier alpha value is -3.52. The van der Waals surface area contributed by atoms with Crippen LogP contribution in [0.1, 0.15) is 68.9 Å². The molecule has 256 valence electrons. The monoisotopic (exact) mass is 741 g/mol. The smallest absolute Gasteiger partial charge is 0.268 e. The second-order valence-electron chi connectivity index (χ2n) is 13.1. The number of nitrogens with zero attached hydrogens (tertiary/aromatic N) is 2. The lowest BCUT2D eigenvalue weighted by Gasteiger charge is -2.21. The lowest BCUT2D eigenvalue weighted by atomic mass is 9.90.